The molecule has 0 radical (unpaired) electrons. The number of carbonyl (C=O) groups is 1. The normalized spacial score (nSPS) is 24.5. The lowest BCUT2D eigenvalue weighted by atomic mass is 10.0. The summed E-state index contributed by atoms with van der Waals surface area (Å²) in [5.74, 6) is 0.189. The van der Waals surface area contributed by atoms with E-state index in [1.807, 2.05) is 19.1 Å². The highest BCUT2D eigenvalue weighted by Gasteiger charge is 2.40. The van der Waals surface area contributed by atoms with E-state index in [4.69, 9.17) is 11.6 Å². The van der Waals surface area contributed by atoms with Gasteiger partial charge in [-0.2, -0.15) is 0 Å². The Kier molecular flexibility index (Phi) is 8.15. The van der Waals surface area contributed by atoms with Gasteiger partial charge in [0.2, 0.25) is 5.91 Å². The van der Waals surface area contributed by atoms with Crippen molar-refractivity contribution >= 4 is 17.5 Å². The number of likely N-dealkylation sites (N-methyl/N-ethyl adjacent to an activating group) is 1. The van der Waals surface area contributed by atoms with Gasteiger partial charge in [0.15, 0.2) is 0 Å². The van der Waals surface area contributed by atoms with Gasteiger partial charge >= 0.3 is 0 Å². The fourth-order valence-electron chi connectivity index (χ4n) is 4.62. The summed E-state index contributed by atoms with van der Waals surface area (Å²) in [7, 11) is 0. The zero-order valence-corrected chi connectivity index (χ0v) is 18.0. The Bertz CT molecular complexity index is 615. The molecular formula is C22H35ClN4O. The molecule has 2 heterocycles. The second-order valence-corrected chi connectivity index (χ2v) is 8.56. The second kappa shape index (κ2) is 10.6. The van der Waals surface area contributed by atoms with E-state index in [2.05, 4.69) is 39.5 Å². The maximum atomic E-state index is 12.7. The first-order valence-electron chi connectivity index (χ1n) is 10.8. The summed E-state index contributed by atoms with van der Waals surface area (Å²) >= 11 is 5.98. The van der Waals surface area contributed by atoms with E-state index in [1.54, 1.807) is 0 Å². The summed E-state index contributed by atoms with van der Waals surface area (Å²) < 4.78 is 0. The van der Waals surface area contributed by atoms with Crippen LogP contribution in [0.4, 0.5) is 0 Å². The summed E-state index contributed by atoms with van der Waals surface area (Å²) in [6.45, 7) is 10.2. The van der Waals surface area contributed by atoms with Gasteiger partial charge in [0.1, 0.15) is 0 Å². The van der Waals surface area contributed by atoms with Crippen molar-refractivity contribution in [3.63, 3.8) is 0 Å². The van der Waals surface area contributed by atoms with E-state index in [0.717, 1.165) is 37.6 Å². The van der Waals surface area contributed by atoms with Gasteiger partial charge in [-0.05, 0) is 69.9 Å². The van der Waals surface area contributed by atoms with E-state index >= 15 is 0 Å². The summed E-state index contributed by atoms with van der Waals surface area (Å²) in [5, 5.41) is 7.49. The summed E-state index contributed by atoms with van der Waals surface area (Å²) in [6, 6.07) is 8.84. The molecule has 2 atom stereocenters. The van der Waals surface area contributed by atoms with E-state index in [1.165, 1.54) is 31.4 Å². The molecule has 2 aliphatic heterocycles. The number of rotatable bonds is 8. The van der Waals surface area contributed by atoms with Crippen molar-refractivity contribution in [2.24, 2.45) is 0 Å². The quantitative estimate of drug-likeness (QED) is 0.696. The van der Waals surface area contributed by atoms with Crippen molar-refractivity contribution in [2.45, 2.75) is 64.2 Å². The zero-order chi connectivity index (χ0) is 19.9. The smallest absolute Gasteiger partial charge is 0.237 e. The highest BCUT2D eigenvalue weighted by molar-refractivity contribution is 6.30. The van der Waals surface area contributed by atoms with Crippen LogP contribution in [-0.4, -0.2) is 66.6 Å². The first kappa shape index (κ1) is 21.6. The van der Waals surface area contributed by atoms with Gasteiger partial charge in [-0.3, -0.25) is 9.69 Å². The molecule has 5 nitrogen and oxygen atoms in total. The zero-order valence-electron chi connectivity index (χ0n) is 17.3. The number of likely N-dealkylation sites (tertiary alicyclic amines) is 2. The predicted octanol–water partition coefficient (Wildman–Crippen LogP) is 2.88. The van der Waals surface area contributed by atoms with Crippen LogP contribution >= 0.6 is 11.6 Å². The molecule has 0 saturated carbocycles. The maximum absolute atomic E-state index is 12.7. The molecule has 156 valence electrons. The number of nitrogens with zero attached hydrogens (tertiary/aromatic N) is 2. The lowest BCUT2D eigenvalue weighted by Gasteiger charge is -2.38. The van der Waals surface area contributed by atoms with Crippen LogP contribution in [0.1, 0.15) is 45.1 Å². The van der Waals surface area contributed by atoms with Crippen LogP contribution in [0.2, 0.25) is 5.02 Å². The molecule has 0 bridgehead atoms. The van der Waals surface area contributed by atoms with E-state index in [0.29, 0.717) is 18.6 Å². The first-order chi connectivity index (χ1) is 13.6. The van der Waals surface area contributed by atoms with Gasteiger partial charge in [-0.1, -0.05) is 30.7 Å². The molecule has 28 heavy (non-hydrogen) atoms. The minimum absolute atomic E-state index is 0.00890. The van der Waals surface area contributed by atoms with Gasteiger partial charge in [0, 0.05) is 36.7 Å². The average Bonchev–Trinajstić information content (AvgIpc) is 3.13. The molecule has 0 aromatic heterocycles. The lowest BCUT2D eigenvalue weighted by molar-refractivity contribution is -0.126. The number of hydrogen-bond acceptors (Lipinski definition) is 4. The number of benzene rings is 1. The van der Waals surface area contributed by atoms with E-state index < -0.39 is 0 Å². The second-order valence-electron chi connectivity index (χ2n) is 8.12. The number of carbonyl (C=O) groups excluding carboxylic acids is 1. The van der Waals surface area contributed by atoms with Crippen molar-refractivity contribution in [3.05, 3.63) is 34.9 Å². The van der Waals surface area contributed by atoms with Crippen LogP contribution < -0.4 is 10.6 Å². The molecule has 0 unspecified atom stereocenters. The third-order valence-corrected chi connectivity index (χ3v) is 6.32. The molecule has 6 heteroatoms. The first-order valence-corrected chi connectivity index (χ1v) is 11.2. The highest BCUT2D eigenvalue weighted by Crippen LogP contribution is 2.27. The summed E-state index contributed by atoms with van der Waals surface area (Å²) in [6.07, 6.45) is 4.43. The molecular weight excluding hydrogens is 372 g/mol. The van der Waals surface area contributed by atoms with Gasteiger partial charge in [-0.15, -0.1) is 0 Å². The van der Waals surface area contributed by atoms with E-state index in [-0.39, 0.29) is 11.9 Å². The van der Waals surface area contributed by atoms with Crippen molar-refractivity contribution in [1.82, 2.24) is 20.4 Å². The molecule has 1 aromatic carbocycles. The third-order valence-electron chi connectivity index (χ3n) is 6.07. The molecule has 1 aromatic rings. The van der Waals surface area contributed by atoms with Gasteiger partial charge in [0.05, 0.1) is 6.04 Å². The Labute approximate surface area is 174 Å². The lowest BCUT2D eigenvalue weighted by Crippen LogP contribution is -2.51. The van der Waals surface area contributed by atoms with Crippen LogP contribution in [-0.2, 0) is 11.3 Å². The molecule has 3 rings (SSSR count). The molecule has 1 amide bonds. The Morgan fingerprint density at radius 2 is 1.89 bits per heavy atom. The highest BCUT2D eigenvalue weighted by atomic mass is 35.5. The third kappa shape index (κ3) is 5.69. The van der Waals surface area contributed by atoms with Crippen LogP contribution in [0.15, 0.2) is 24.3 Å². The molecule has 2 N–H and O–H groups in total. The minimum atomic E-state index is -0.00890. The monoisotopic (exact) mass is 406 g/mol. The SMILES string of the molecule is CCCN1CCC(N2C[C@@H](NCc3ccc(Cl)cc3)C[C@H]2C(=O)NCC)CC1. The van der Waals surface area contributed by atoms with Crippen LogP contribution in [0, 0.1) is 0 Å². The predicted molar refractivity (Wildman–Crippen MR) is 116 cm³/mol. The minimum Gasteiger partial charge on any atom is -0.355 e. The Balaban J connectivity index is 1.59. The fourth-order valence-corrected chi connectivity index (χ4v) is 4.74. The summed E-state index contributed by atoms with van der Waals surface area (Å²) in [5.41, 5.74) is 1.23. The Morgan fingerprint density at radius 3 is 2.54 bits per heavy atom. The largest absolute Gasteiger partial charge is 0.355 e. The van der Waals surface area contributed by atoms with Gasteiger partial charge in [0.25, 0.3) is 0 Å². The van der Waals surface area contributed by atoms with Crippen LogP contribution in [0.3, 0.4) is 0 Å². The number of hydrogen-bond donors (Lipinski definition) is 2. The van der Waals surface area contributed by atoms with Crippen molar-refractivity contribution in [2.75, 3.05) is 32.7 Å². The number of nitrogens with one attached hydrogen (secondary N) is 2. The number of amides is 1. The standard InChI is InChI=1S/C22H35ClN4O/c1-3-11-26-12-9-20(10-13-26)27-16-19(14-21(27)22(28)24-4-2)25-15-17-5-7-18(23)8-6-17/h5-8,19-21,25H,3-4,9-16H2,1-2H3,(H,24,28)/t19-,21-/m0/s1. The molecule has 0 spiro atoms. The fraction of sp³-hybridized carbons (Fsp3) is 0.682. The van der Waals surface area contributed by atoms with E-state index in [9.17, 15) is 4.79 Å². The van der Waals surface area contributed by atoms with Crippen molar-refractivity contribution in [3.8, 4) is 0 Å². The molecule has 2 saturated heterocycles. The summed E-state index contributed by atoms with van der Waals surface area (Å²) in [4.78, 5) is 17.8. The molecule has 2 aliphatic rings. The average molecular weight is 407 g/mol. The maximum Gasteiger partial charge on any atom is 0.237 e. The molecule has 0 aliphatic carbocycles. The van der Waals surface area contributed by atoms with Crippen LogP contribution in [0.5, 0.6) is 0 Å². The van der Waals surface area contributed by atoms with Crippen molar-refractivity contribution < 1.29 is 4.79 Å². The van der Waals surface area contributed by atoms with Crippen LogP contribution in [0.25, 0.3) is 0 Å². The molecule has 2 fully saturated rings. The van der Waals surface area contributed by atoms with Gasteiger partial charge < -0.3 is 15.5 Å². The number of piperidine rings is 1. The van der Waals surface area contributed by atoms with Crippen molar-refractivity contribution in [1.29, 1.82) is 0 Å². The number of halogens is 1. The Morgan fingerprint density at radius 1 is 1.18 bits per heavy atom. The Hall–Kier alpha value is -1.14. The topological polar surface area (TPSA) is 47.6 Å². The van der Waals surface area contributed by atoms with Gasteiger partial charge in [-0.25, -0.2) is 0 Å².